The first-order valence-electron chi connectivity index (χ1n) is 18.2. The lowest BCUT2D eigenvalue weighted by atomic mass is 9.33. The fourth-order valence-electron chi connectivity index (χ4n) is 12.7. The highest BCUT2D eigenvalue weighted by molar-refractivity contribution is 5.95. The summed E-state index contributed by atoms with van der Waals surface area (Å²) in [6.45, 7) is 16.0. The molecule has 0 aromatic carbocycles. The molecule has 0 saturated heterocycles. The van der Waals surface area contributed by atoms with E-state index >= 15 is 0 Å². The molecular formula is C39H58O7. The smallest absolute Gasteiger partial charge is 0.311 e. The van der Waals surface area contributed by atoms with E-state index in [0.717, 1.165) is 64.2 Å². The Morgan fingerprint density at radius 1 is 0.826 bits per heavy atom. The molecule has 6 aliphatic rings. The maximum absolute atomic E-state index is 14.7. The monoisotopic (exact) mass is 638 g/mol. The van der Waals surface area contributed by atoms with E-state index in [9.17, 15) is 24.3 Å². The van der Waals surface area contributed by atoms with E-state index < -0.39 is 23.2 Å². The minimum atomic E-state index is -0.897. The van der Waals surface area contributed by atoms with Crippen LogP contribution in [0.2, 0.25) is 0 Å². The van der Waals surface area contributed by atoms with Crippen molar-refractivity contribution in [1.82, 2.24) is 0 Å². The molecule has 5 fully saturated rings. The highest BCUT2D eigenvalue weighted by Gasteiger charge is 2.70. The average Bonchev–Trinajstić information content (AvgIpc) is 2.99. The van der Waals surface area contributed by atoms with Crippen molar-refractivity contribution < 1.29 is 33.8 Å². The zero-order valence-corrected chi connectivity index (χ0v) is 29.6. The highest BCUT2D eigenvalue weighted by atomic mass is 16.5. The van der Waals surface area contributed by atoms with Crippen molar-refractivity contribution in [1.29, 1.82) is 0 Å². The van der Waals surface area contributed by atoms with Crippen LogP contribution in [0, 0.1) is 62.1 Å². The maximum atomic E-state index is 14.7. The van der Waals surface area contributed by atoms with Crippen LogP contribution >= 0.6 is 0 Å². The normalized spacial score (nSPS) is 48.0. The number of carboxylic acid groups (broad SMARTS) is 1. The predicted octanol–water partition coefficient (Wildman–Crippen LogP) is 7.94. The molecule has 11 atom stereocenters. The number of rotatable bonds is 4. The number of hydrogen-bond donors (Lipinski definition) is 1. The van der Waals surface area contributed by atoms with Crippen molar-refractivity contribution >= 4 is 23.7 Å². The van der Waals surface area contributed by atoms with Crippen molar-refractivity contribution in [3.8, 4) is 0 Å². The van der Waals surface area contributed by atoms with Gasteiger partial charge >= 0.3 is 17.9 Å². The number of carbonyl (C=O) groups excluding carboxylic acids is 3. The number of esters is 2. The quantitative estimate of drug-likeness (QED) is 0.312. The fraction of sp³-hybridized carbons (Fsp3) is 0.846. The summed E-state index contributed by atoms with van der Waals surface area (Å²) < 4.78 is 11.6. The van der Waals surface area contributed by atoms with Gasteiger partial charge in [-0.3, -0.25) is 19.2 Å². The third-order valence-corrected chi connectivity index (χ3v) is 15.8. The van der Waals surface area contributed by atoms with Gasteiger partial charge in [0.25, 0.3) is 0 Å². The van der Waals surface area contributed by atoms with Crippen molar-refractivity contribution in [3.63, 3.8) is 0 Å². The molecule has 0 radical (unpaired) electrons. The Kier molecular flexibility index (Phi) is 8.00. The third kappa shape index (κ3) is 4.62. The van der Waals surface area contributed by atoms with E-state index in [-0.39, 0.29) is 68.7 Å². The number of ketones is 1. The molecule has 0 aliphatic heterocycles. The van der Waals surface area contributed by atoms with Gasteiger partial charge in [-0.2, -0.15) is 0 Å². The third-order valence-electron chi connectivity index (χ3n) is 15.8. The van der Waals surface area contributed by atoms with Gasteiger partial charge in [0, 0.05) is 11.3 Å². The number of fused-ring (bicyclic) bond motifs is 7. The molecule has 46 heavy (non-hydrogen) atoms. The Morgan fingerprint density at radius 2 is 1.48 bits per heavy atom. The molecule has 5 saturated carbocycles. The summed E-state index contributed by atoms with van der Waals surface area (Å²) in [5.41, 5.74) is -0.127. The van der Waals surface area contributed by atoms with Crippen LogP contribution in [0.1, 0.15) is 132 Å². The molecule has 1 N–H and O–H groups in total. The van der Waals surface area contributed by atoms with E-state index in [1.165, 1.54) is 12.7 Å². The van der Waals surface area contributed by atoms with Crippen LogP contribution in [0.15, 0.2) is 11.6 Å². The Hall–Kier alpha value is -2.18. The summed E-state index contributed by atoms with van der Waals surface area (Å²) >= 11 is 0. The topological polar surface area (TPSA) is 107 Å². The van der Waals surface area contributed by atoms with Crippen molar-refractivity contribution in [3.05, 3.63) is 11.6 Å². The van der Waals surface area contributed by atoms with Gasteiger partial charge in [-0.05, 0) is 117 Å². The summed E-state index contributed by atoms with van der Waals surface area (Å²) in [6.07, 6.45) is 12.6. The average molecular weight is 639 g/mol. The second-order valence-corrected chi connectivity index (χ2v) is 18.4. The molecule has 0 heterocycles. The van der Waals surface area contributed by atoms with Crippen LogP contribution in [-0.2, 0) is 28.7 Å². The lowest BCUT2D eigenvalue weighted by Gasteiger charge is -2.70. The lowest BCUT2D eigenvalue weighted by molar-refractivity contribution is -0.213. The van der Waals surface area contributed by atoms with Crippen LogP contribution in [0.3, 0.4) is 0 Å². The molecule has 7 nitrogen and oxygen atoms in total. The summed E-state index contributed by atoms with van der Waals surface area (Å²) in [6, 6.07) is 0. The Balaban J connectivity index is 1.30. The van der Waals surface area contributed by atoms with Gasteiger partial charge < -0.3 is 14.6 Å². The summed E-state index contributed by atoms with van der Waals surface area (Å²) in [4.78, 5) is 53.1. The molecule has 6 aliphatic carbocycles. The molecule has 0 spiro atoms. The highest BCUT2D eigenvalue weighted by Crippen LogP contribution is 2.75. The number of ether oxygens (including phenoxy) is 2. The number of allylic oxidation sites excluding steroid dienone is 2. The lowest BCUT2D eigenvalue weighted by Crippen LogP contribution is -2.66. The Bertz CT molecular complexity index is 1350. The first-order chi connectivity index (χ1) is 21.4. The number of hydrogen-bond acceptors (Lipinski definition) is 6. The van der Waals surface area contributed by atoms with Gasteiger partial charge in [0.15, 0.2) is 5.78 Å². The molecule has 0 bridgehead atoms. The number of carbonyl (C=O) groups is 4. The van der Waals surface area contributed by atoms with Crippen molar-refractivity contribution in [2.24, 2.45) is 62.1 Å². The number of aliphatic carboxylic acids is 1. The molecule has 6 rings (SSSR count). The predicted molar refractivity (Wildman–Crippen MR) is 174 cm³/mol. The van der Waals surface area contributed by atoms with Crippen molar-refractivity contribution in [2.45, 2.75) is 138 Å². The summed E-state index contributed by atoms with van der Waals surface area (Å²) in [5, 5.41) is 9.79. The molecule has 3 unspecified atom stereocenters. The van der Waals surface area contributed by atoms with E-state index in [4.69, 9.17) is 9.47 Å². The minimum Gasteiger partial charge on any atom is -0.481 e. The molecule has 0 aromatic rings. The minimum absolute atomic E-state index is 0.0748. The van der Waals surface area contributed by atoms with E-state index in [1.807, 2.05) is 6.08 Å². The van der Waals surface area contributed by atoms with Crippen LogP contribution in [-0.4, -0.2) is 42.0 Å². The second-order valence-electron chi connectivity index (χ2n) is 18.4. The van der Waals surface area contributed by atoms with E-state index in [2.05, 4.69) is 48.5 Å². The Labute approximate surface area is 276 Å². The zero-order chi connectivity index (χ0) is 33.7. The SMILES string of the molecule is COC(=O)[C@@]1(C)CC[C@]2(C)CCC3(C)C(=CC(=O)C4[C@@]5(C)CC[C@H](OC(=O)[C@H]6CCCC[C@@H]6C(=O)O)C(C)(C)C5CC[C@]43C)[C@@H]2C1. The molecule has 256 valence electrons. The summed E-state index contributed by atoms with van der Waals surface area (Å²) in [7, 11) is 1.49. The van der Waals surface area contributed by atoms with Crippen molar-refractivity contribution in [2.75, 3.05) is 7.11 Å². The van der Waals surface area contributed by atoms with Gasteiger partial charge in [-0.1, -0.05) is 60.0 Å². The van der Waals surface area contributed by atoms with Gasteiger partial charge in [0.2, 0.25) is 0 Å². The first kappa shape index (κ1) is 33.7. The van der Waals surface area contributed by atoms with Gasteiger partial charge in [0.05, 0.1) is 24.4 Å². The van der Waals surface area contributed by atoms with E-state index in [1.54, 1.807) is 0 Å². The fourth-order valence-corrected chi connectivity index (χ4v) is 12.7. The van der Waals surface area contributed by atoms with Gasteiger partial charge in [-0.15, -0.1) is 0 Å². The van der Waals surface area contributed by atoms with Crippen LogP contribution in [0.25, 0.3) is 0 Å². The van der Waals surface area contributed by atoms with E-state index in [0.29, 0.717) is 19.3 Å². The van der Waals surface area contributed by atoms with Crippen LogP contribution in [0.4, 0.5) is 0 Å². The first-order valence-corrected chi connectivity index (χ1v) is 18.2. The van der Waals surface area contributed by atoms with Crippen LogP contribution < -0.4 is 0 Å². The standard InChI is InChI=1S/C39H58O7/c1-34(2)28-13-16-39(7)30(37(28,5)15-14-29(34)46-32(43)24-12-10-9-11-23(24)31(41)42)27(40)21-25-26-22-36(4,33(44)45-8)18-17-35(26,3)19-20-38(25,39)6/h21,23-24,26,28-30H,9-20,22H2,1-8H3,(H,41,42)/t23-,24-,26-,28?,29-,30?,35+,36-,37-,38?,39+/m0/s1. The van der Waals surface area contributed by atoms with Gasteiger partial charge in [0.1, 0.15) is 6.10 Å². The second kappa shape index (κ2) is 10.9. The molecule has 0 amide bonds. The Morgan fingerprint density at radius 3 is 2.13 bits per heavy atom. The summed E-state index contributed by atoms with van der Waals surface area (Å²) in [5.74, 6) is -2.13. The maximum Gasteiger partial charge on any atom is 0.311 e. The molecule has 7 heteroatoms. The van der Waals surface area contributed by atoms with Gasteiger partial charge in [-0.25, -0.2) is 0 Å². The molecule has 0 aromatic heterocycles. The largest absolute Gasteiger partial charge is 0.481 e. The van der Waals surface area contributed by atoms with Crippen LogP contribution in [0.5, 0.6) is 0 Å². The zero-order valence-electron chi connectivity index (χ0n) is 29.6. The number of carboxylic acids is 1. The number of methoxy groups -OCH3 is 1. The molecular weight excluding hydrogens is 580 g/mol.